The van der Waals surface area contributed by atoms with Crippen LogP contribution in [0.15, 0.2) is 24.3 Å². The molecule has 1 aromatic rings. The van der Waals surface area contributed by atoms with Gasteiger partial charge in [0, 0.05) is 5.69 Å². The smallest absolute Gasteiger partial charge is 0.240 e. The molecule has 2 rings (SSSR count). The van der Waals surface area contributed by atoms with E-state index < -0.39 is 0 Å². The van der Waals surface area contributed by atoms with Gasteiger partial charge in [-0.2, -0.15) is 5.48 Å². The van der Waals surface area contributed by atoms with E-state index in [2.05, 4.69) is 10.8 Å². The van der Waals surface area contributed by atoms with Crippen molar-refractivity contribution in [3.05, 3.63) is 29.8 Å². The number of hydroxylamine groups is 1. The zero-order chi connectivity index (χ0) is 12.8. The number of hydrogen-bond donors (Lipinski definition) is 2. The molecule has 0 unspecified atom stereocenters. The number of carbonyl (C=O) groups is 1. The minimum absolute atomic E-state index is 0.0846. The lowest BCUT2D eigenvalue weighted by Gasteiger charge is -2.11. The first-order chi connectivity index (χ1) is 8.74. The van der Waals surface area contributed by atoms with Crippen LogP contribution in [0.3, 0.4) is 0 Å². The highest BCUT2D eigenvalue weighted by Gasteiger charge is 2.15. The summed E-state index contributed by atoms with van der Waals surface area (Å²) in [5, 5.41) is 2.83. The summed E-state index contributed by atoms with van der Waals surface area (Å²) in [5.74, 6) is -0.0846. The third-order valence-corrected chi connectivity index (χ3v) is 3.09. The van der Waals surface area contributed by atoms with Gasteiger partial charge >= 0.3 is 0 Å². The van der Waals surface area contributed by atoms with Gasteiger partial charge in [-0.05, 0) is 37.5 Å². The van der Waals surface area contributed by atoms with Crippen LogP contribution >= 0.6 is 0 Å². The highest BCUT2D eigenvalue weighted by molar-refractivity contribution is 5.92. The van der Waals surface area contributed by atoms with Crippen molar-refractivity contribution in [2.75, 3.05) is 11.9 Å². The van der Waals surface area contributed by atoms with Crippen LogP contribution in [-0.4, -0.2) is 18.6 Å². The Morgan fingerprint density at radius 1 is 1.39 bits per heavy atom. The first-order valence-electron chi connectivity index (χ1n) is 6.49. The summed E-state index contributed by atoms with van der Waals surface area (Å²) in [7, 11) is 0. The van der Waals surface area contributed by atoms with Crippen molar-refractivity contribution in [1.82, 2.24) is 5.48 Å². The van der Waals surface area contributed by atoms with Gasteiger partial charge in [-0.1, -0.05) is 25.0 Å². The van der Waals surface area contributed by atoms with E-state index in [0.29, 0.717) is 0 Å². The molecule has 1 aliphatic rings. The fourth-order valence-electron chi connectivity index (χ4n) is 2.16. The van der Waals surface area contributed by atoms with Crippen molar-refractivity contribution in [1.29, 1.82) is 0 Å². The third-order valence-electron chi connectivity index (χ3n) is 3.09. The monoisotopic (exact) mass is 248 g/mol. The number of anilines is 1. The van der Waals surface area contributed by atoms with Crippen molar-refractivity contribution in [2.45, 2.75) is 38.7 Å². The van der Waals surface area contributed by atoms with Crippen LogP contribution in [-0.2, 0) is 9.63 Å². The molecule has 2 N–H and O–H groups in total. The fourth-order valence-corrected chi connectivity index (χ4v) is 2.16. The number of hydrogen-bond acceptors (Lipinski definition) is 3. The first kappa shape index (κ1) is 13.1. The molecule has 0 spiro atoms. The summed E-state index contributed by atoms with van der Waals surface area (Å²) < 4.78 is 0. The Bertz CT molecular complexity index is 401. The molecule has 4 nitrogen and oxygen atoms in total. The molecular formula is C14H20N2O2. The first-order valence-corrected chi connectivity index (χ1v) is 6.49. The Labute approximate surface area is 108 Å². The zero-order valence-corrected chi connectivity index (χ0v) is 10.7. The SMILES string of the molecule is Cc1cccc(NC(=O)CNOC2CCCC2)c1. The summed E-state index contributed by atoms with van der Waals surface area (Å²) in [6.07, 6.45) is 4.90. The summed E-state index contributed by atoms with van der Waals surface area (Å²) >= 11 is 0. The van der Waals surface area contributed by atoms with Crippen molar-refractivity contribution >= 4 is 11.6 Å². The van der Waals surface area contributed by atoms with Gasteiger partial charge in [-0.25, -0.2) is 0 Å². The predicted octanol–water partition coefficient (Wildman–Crippen LogP) is 2.40. The molecule has 0 atom stereocenters. The van der Waals surface area contributed by atoms with Crippen LogP contribution in [0.25, 0.3) is 0 Å². The van der Waals surface area contributed by atoms with Crippen LogP contribution in [0.5, 0.6) is 0 Å². The number of nitrogens with one attached hydrogen (secondary N) is 2. The maximum absolute atomic E-state index is 11.6. The van der Waals surface area contributed by atoms with E-state index in [-0.39, 0.29) is 18.6 Å². The second kappa shape index (κ2) is 6.52. The number of benzene rings is 1. The number of amides is 1. The lowest BCUT2D eigenvalue weighted by Crippen LogP contribution is -2.31. The lowest BCUT2D eigenvalue weighted by atomic mass is 10.2. The summed E-state index contributed by atoms with van der Waals surface area (Å²) in [5.41, 5.74) is 4.70. The minimum Gasteiger partial charge on any atom is -0.325 e. The Kier molecular flexibility index (Phi) is 4.73. The van der Waals surface area contributed by atoms with Crippen LogP contribution in [0.1, 0.15) is 31.2 Å². The van der Waals surface area contributed by atoms with E-state index >= 15 is 0 Å². The number of carbonyl (C=O) groups excluding carboxylic acids is 1. The van der Waals surface area contributed by atoms with Gasteiger partial charge < -0.3 is 5.32 Å². The van der Waals surface area contributed by atoms with Gasteiger partial charge in [0.05, 0.1) is 6.10 Å². The Balaban J connectivity index is 1.68. The van der Waals surface area contributed by atoms with Crippen molar-refractivity contribution in [3.8, 4) is 0 Å². The molecule has 0 saturated heterocycles. The molecule has 0 radical (unpaired) electrons. The summed E-state index contributed by atoms with van der Waals surface area (Å²) in [6, 6.07) is 7.74. The molecule has 1 aromatic carbocycles. The van der Waals surface area contributed by atoms with E-state index in [1.165, 1.54) is 12.8 Å². The molecule has 4 heteroatoms. The minimum atomic E-state index is -0.0846. The van der Waals surface area contributed by atoms with E-state index in [1.54, 1.807) is 0 Å². The maximum atomic E-state index is 11.6. The second-order valence-corrected chi connectivity index (χ2v) is 4.76. The molecule has 0 aliphatic heterocycles. The molecule has 18 heavy (non-hydrogen) atoms. The molecule has 0 bridgehead atoms. The Morgan fingerprint density at radius 2 is 2.17 bits per heavy atom. The van der Waals surface area contributed by atoms with E-state index in [1.807, 2.05) is 31.2 Å². The standard InChI is InChI=1S/C14H20N2O2/c1-11-5-4-6-12(9-11)16-14(17)10-15-18-13-7-2-3-8-13/h4-6,9,13,15H,2-3,7-8,10H2,1H3,(H,16,17). The molecule has 1 amide bonds. The second-order valence-electron chi connectivity index (χ2n) is 4.76. The van der Waals surface area contributed by atoms with Gasteiger partial charge in [-0.15, -0.1) is 0 Å². The van der Waals surface area contributed by atoms with Gasteiger partial charge in [0.1, 0.15) is 6.54 Å². The van der Waals surface area contributed by atoms with Gasteiger partial charge in [0.25, 0.3) is 0 Å². The van der Waals surface area contributed by atoms with Crippen LogP contribution in [0, 0.1) is 6.92 Å². The third kappa shape index (κ3) is 4.13. The topological polar surface area (TPSA) is 50.4 Å². The normalized spacial score (nSPS) is 15.8. The number of aryl methyl sites for hydroxylation is 1. The average Bonchev–Trinajstić information content (AvgIpc) is 2.82. The van der Waals surface area contributed by atoms with Gasteiger partial charge in [0.2, 0.25) is 5.91 Å². The van der Waals surface area contributed by atoms with E-state index in [9.17, 15) is 4.79 Å². The largest absolute Gasteiger partial charge is 0.325 e. The molecular weight excluding hydrogens is 228 g/mol. The fraction of sp³-hybridized carbons (Fsp3) is 0.500. The molecule has 0 aromatic heterocycles. The summed E-state index contributed by atoms with van der Waals surface area (Å²) in [4.78, 5) is 17.1. The van der Waals surface area contributed by atoms with Crippen LogP contribution in [0.4, 0.5) is 5.69 Å². The zero-order valence-electron chi connectivity index (χ0n) is 10.7. The molecule has 1 fully saturated rings. The maximum Gasteiger partial charge on any atom is 0.240 e. The van der Waals surface area contributed by atoms with E-state index in [4.69, 9.17) is 4.84 Å². The predicted molar refractivity (Wildman–Crippen MR) is 71.2 cm³/mol. The van der Waals surface area contributed by atoms with Gasteiger partial charge in [0.15, 0.2) is 0 Å². The van der Waals surface area contributed by atoms with Crippen molar-refractivity contribution in [3.63, 3.8) is 0 Å². The highest BCUT2D eigenvalue weighted by atomic mass is 16.7. The van der Waals surface area contributed by atoms with Crippen molar-refractivity contribution < 1.29 is 9.63 Å². The average molecular weight is 248 g/mol. The highest BCUT2D eigenvalue weighted by Crippen LogP contribution is 2.19. The van der Waals surface area contributed by atoms with E-state index in [0.717, 1.165) is 24.1 Å². The summed E-state index contributed by atoms with van der Waals surface area (Å²) in [6.45, 7) is 2.18. The Morgan fingerprint density at radius 3 is 2.89 bits per heavy atom. The van der Waals surface area contributed by atoms with Crippen LogP contribution < -0.4 is 10.8 Å². The Hall–Kier alpha value is -1.39. The molecule has 0 heterocycles. The lowest BCUT2D eigenvalue weighted by molar-refractivity contribution is -0.119. The number of rotatable bonds is 5. The quantitative estimate of drug-likeness (QED) is 0.787. The van der Waals surface area contributed by atoms with Gasteiger partial charge in [-0.3, -0.25) is 9.63 Å². The van der Waals surface area contributed by atoms with Crippen LogP contribution in [0.2, 0.25) is 0 Å². The molecule has 1 aliphatic carbocycles. The van der Waals surface area contributed by atoms with Crippen molar-refractivity contribution in [2.24, 2.45) is 0 Å². The molecule has 98 valence electrons. The molecule has 1 saturated carbocycles.